The number of benzene rings is 2. The first kappa shape index (κ1) is 29.9. The fourth-order valence-corrected chi connectivity index (χ4v) is 6.66. The Balaban J connectivity index is 1.28. The Morgan fingerprint density at radius 3 is 2.54 bits per heavy atom. The molecule has 12 heteroatoms. The molecule has 7 rings (SSSR count). The topological polar surface area (TPSA) is 103 Å². The minimum atomic E-state index is -4.62. The van der Waals surface area contributed by atoms with E-state index in [1.165, 1.54) is 23.8 Å². The first-order valence-corrected chi connectivity index (χ1v) is 15.4. The van der Waals surface area contributed by atoms with Gasteiger partial charge in [0, 0.05) is 37.8 Å². The molecule has 1 N–H and O–H groups in total. The van der Waals surface area contributed by atoms with Crippen LogP contribution >= 0.6 is 0 Å². The highest BCUT2D eigenvalue weighted by molar-refractivity contribution is 6.10. The van der Waals surface area contributed by atoms with Gasteiger partial charge in [-0.3, -0.25) is 14.6 Å². The third-order valence-electron chi connectivity index (χ3n) is 9.38. The van der Waals surface area contributed by atoms with Crippen molar-refractivity contribution in [2.24, 2.45) is 18.4 Å². The quantitative estimate of drug-likeness (QED) is 0.246. The Labute approximate surface area is 264 Å². The van der Waals surface area contributed by atoms with Crippen LogP contribution in [0.25, 0.3) is 22.5 Å². The number of carbonyl (C=O) groups is 1. The van der Waals surface area contributed by atoms with Crippen molar-refractivity contribution in [2.45, 2.75) is 45.5 Å². The van der Waals surface area contributed by atoms with Gasteiger partial charge in [0.1, 0.15) is 18.0 Å². The van der Waals surface area contributed by atoms with Gasteiger partial charge in [0.15, 0.2) is 5.82 Å². The van der Waals surface area contributed by atoms with Gasteiger partial charge in [0.25, 0.3) is 5.91 Å². The molecule has 1 unspecified atom stereocenters. The van der Waals surface area contributed by atoms with Crippen LogP contribution in [0.15, 0.2) is 54.9 Å². The average Bonchev–Trinajstić information content (AvgIpc) is 3.29. The highest BCUT2D eigenvalue weighted by Gasteiger charge is 2.47. The first-order valence-electron chi connectivity index (χ1n) is 15.4. The lowest BCUT2D eigenvalue weighted by atomic mass is 9.98. The smallest absolute Gasteiger partial charge is 0.369 e. The average molecular weight is 627 g/mol. The molecule has 46 heavy (non-hydrogen) atoms. The van der Waals surface area contributed by atoms with Crippen LogP contribution in [0.4, 0.5) is 24.8 Å². The molecule has 0 radical (unpaired) electrons. The molecule has 236 valence electrons. The van der Waals surface area contributed by atoms with Crippen LogP contribution in [0, 0.1) is 22.7 Å². The summed E-state index contributed by atoms with van der Waals surface area (Å²) < 4.78 is 45.3. The van der Waals surface area contributed by atoms with E-state index in [-0.39, 0.29) is 29.4 Å². The second-order valence-corrected chi connectivity index (χ2v) is 12.8. The number of hydrogen-bond donors (Lipinski definition) is 1. The van der Waals surface area contributed by atoms with Gasteiger partial charge in [-0.1, -0.05) is 24.3 Å². The maximum absolute atomic E-state index is 14.5. The number of likely N-dealkylation sites (tertiary alicyclic amines) is 1. The van der Waals surface area contributed by atoms with Crippen molar-refractivity contribution in [2.75, 3.05) is 29.9 Å². The number of carbonyl (C=O) groups excluding carboxylic acids is 1. The summed E-state index contributed by atoms with van der Waals surface area (Å²) in [5.74, 6) is 0.384. The Kier molecular flexibility index (Phi) is 7.31. The lowest BCUT2D eigenvalue weighted by molar-refractivity contribution is -0.138. The van der Waals surface area contributed by atoms with Crippen LogP contribution in [-0.2, 0) is 26.3 Å². The summed E-state index contributed by atoms with van der Waals surface area (Å²) in [7, 11) is 1.83. The van der Waals surface area contributed by atoms with Crippen molar-refractivity contribution in [1.82, 2.24) is 24.6 Å². The largest absolute Gasteiger partial charge is 0.416 e. The Morgan fingerprint density at radius 2 is 1.87 bits per heavy atom. The molecule has 1 saturated carbocycles. The van der Waals surface area contributed by atoms with Gasteiger partial charge in [-0.2, -0.15) is 18.4 Å². The summed E-state index contributed by atoms with van der Waals surface area (Å²) in [5, 5.41) is 20.8. The SMILES string of the molecule is CC(C#N)CNc1cc(-c2ccccc2-c2nncn2C)cc(N2Cc3c(cc(CN4CCC5(CC5)C4)cc3C(F)(F)F)C2=O)n1. The third-order valence-corrected chi connectivity index (χ3v) is 9.38. The molecule has 2 aromatic carbocycles. The van der Waals surface area contributed by atoms with Crippen molar-refractivity contribution in [1.29, 1.82) is 5.26 Å². The van der Waals surface area contributed by atoms with E-state index in [4.69, 9.17) is 0 Å². The van der Waals surface area contributed by atoms with Crippen LogP contribution in [0.5, 0.6) is 0 Å². The third kappa shape index (κ3) is 5.60. The molecule has 3 aliphatic rings. The summed E-state index contributed by atoms with van der Waals surface area (Å²) in [4.78, 5) is 22.2. The number of hydrogen-bond acceptors (Lipinski definition) is 7. The number of halogens is 3. The zero-order valence-corrected chi connectivity index (χ0v) is 25.6. The predicted octanol–water partition coefficient (Wildman–Crippen LogP) is 6.28. The van der Waals surface area contributed by atoms with Crippen LogP contribution in [0.3, 0.4) is 0 Å². The Hall–Kier alpha value is -4.76. The minimum Gasteiger partial charge on any atom is -0.369 e. The summed E-state index contributed by atoms with van der Waals surface area (Å²) in [6.45, 7) is 3.92. The number of rotatable bonds is 8. The van der Waals surface area contributed by atoms with E-state index >= 15 is 0 Å². The molecule has 1 spiro atoms. The standard InChI is InChI=1S/C34H33F3N8O/c1-21(15-38)16-39-29-13-23(24-5-3-4-6-25(24)31-42-40-20-43(31)2)14-30(41-29)45-18-27-26(32(45)46)11-22(12-28(27)34(35,36)37)17-44-10-9-33(19-44)7-8-33/h3-6,11-14,20-21H,7-10,16-19H2,1-2H3,(H,39,41). The number of fused-ring (bicyclic) bond motifs is 1. The van der Waals surface area contributed by atoms with E-state index in [1.54, 1.807) is 36.0 Å². The maximum atomic E-state index is 14.5. The first-order chi connectivity index (χ1) is 22.0. The van der Waals surface area contributed by atoms with E-state index in [1.807, 2.05) is 31.3 Å². The highest BCUT2D eigenvalue weighted by atomic mass is 19.4. The molecule has 9 nitrogen and oxygen atoms in total. The van der Waals surface area contributed by atoms with Crippen LogP contribution in [0.2, 0.25) is 0 Å². The molecular formula is C34H33F3N8O. The number of anilines is 2. The normalized spacial score (nSPS) is 17.7. The Bertz CT molecular complexity index is 1870. The zero-order valence-electron chi connectivity index (χ0n) is 25.6. The van der Waals surface area contributed by atoms with E-state index in [0.717, 1.165) is 30.6 Å². The van der Waals surface area contributed by atoms with Gasteiger partial charge in [0.2, 0.25) is 0 Å². The van der Waals surface area contributed by atoms with Crippen LogP contribution in [-0.4, -0.2) is 50.2 Å². The number of alkyl halides is 3. The zero-order chi connectivity index (χ0) is 32.2. The van der Waals surface area contributed by atoms with Crippen molar-refractivity contribution in [3.05, 3.63) is 77.1 Å². The fraction of sp³-hybridized carbons (Fsp3) is 0.382. The maximum Gasteiger partial charge on any atom is 0.416 e. The fourth-order valence-electron chi connectivity index (χ4n) is 6.66. The van der Waals surface area contributed by atoms with Gasteiger partial charge in [-0.25, -0.2) is 4.98 Å². The monoisotopic (exact) mass is 626 g/mol. The van der Waals surface area contributed by atoms with Gasteiger partial charge in [0.05, 0.1) is 24.1 Å². The second kappa shape index (κ2) is 11.2. The van der Waals surface area contributed by atoms with E-state index in [2.05, 4.69) is 31.5 Å². The van der Waals surface area contributed by atoms with E-state index in [0.29, 0.717) is 41.3 Å². The van der Waals surface area contributed by atoms with Gasteiger partial charge in [-0.15, -0.1) is 10.2 Å². The minimum absolute atomic E-state index is 0.0411. The van der Waals surface area contributed by atoms with E-state index in [9.17, 15) is 23.2 Å². The van der Waals surface area contributed by atoms with Crippen molar-refractivity contribution >= 4 is 17.5 Å². The molecule has 1 amide bonds. The predicted molar refractivity (Wildman–Crippen MR) is 166 cm³/mol. The number of aromatic nitrogens is 4. The van der Waals surface area contributed by atoms with Crippen LogP contribution in [0.1, 0.15) is 53.2 Å². The molecule has 1 saturated heterocycles. The Morgan fingerprint density at radius 1 is 1.09 bits per heavy atom. The van der Waals surface area contributed by atoms with Gasteiger partial charge in [-0.05, 0) is 84.7 Å². The van der Waals surface area contributed by atoms with Gasteiger partial charge >= 0.3 is 6.18 Å². The summed E-state index contributed by atoms with van der Waals surface area (Å²) in [5.41, 5.74) is 2.32. The molecule has 0 bridgehead atoms. The lowest BCUT2D eigenvalue weighted by Crippen LogP contribution is -2.25. The molecule has 2 aromatic heterocycles. The van der Waals surface area contributed by atoms with E-state index < -0.39 is 17.6 Å². The molecule has 2 aliphatic heterocycles. The second-order valence-electron chi connectivity index (χ2n) is 12.8. The molecule has 4 aromatic rings. The van der Waals surface area contributed by atoms with Crippen molar-refractivity contribution in [3.8, 4) is 28.6 Å². The summed E-state index contributed by atoms with van der Waals surface area (Å²) >= 11 is 0. The number of nitriles is 1. The molecule has 1 atom stereocenters. The number of nitrogens with zero attached hydrogens (tertiary/aromatic N) is 7. The molecule has 4 heterocycles. The summed E-state index contributed by atoms with van der Waals surface area (Å²) in [6, 6.07) is 16.1. The number of aryl methyl sites for hydroxylation is 1. The lowest BCUT2D eigenvalue weighted by Gasteiger charge is -2.19. The molecule has 1 aliphatic carbocycles. The van der Waals surface area contributed by atoms with Gasteiger partial charge < -0.3 is 9.88 Å². The van der Waals surface area contributed by atoms with Crippen molar-refractivity contribution in [3.63, 3.8) is 0 Å². The van der Waals surface area contributed by atoms with Crippen LogP contribution < -0.4 is 10.2 Å². The number of pyridine rings is 1. The molecule has 2 fully saturated rings. The summed E-state index contributed by atoms with van der Waals surface area (Å²) in [6.07, 6.45) is 0.402. The number of nitrogens with one attached hydrogen (secondary N) is 1. The molecular weight excluding hydrogens is 593 g/mol. The number of amides is 1. The highest BCUT2D eigenvalue weighted by Crippen LogP contribution is 2.53. The van der Waals surface area contributed by atoms with Crippen molar-refractivity contribution < 1.29 is 18.0 Å².